The van der Waals surface area contributed by atoms with Gasteiger partial charge in [-0.1, -0.05) is 36.8 Å². The lowest BCUT2D eigenvalue weighted by Gasteiger charge is -2.25. The minimum atomic E-state index is -0.255. The van der Waals surface area contributed by atoms with Gasteiger partial charge in [-0.2, -0.15) is 11.8 Å². The normalized spacial score (nSPS) is 20.8. The molecule has 0 saturated carbocycles. The van der Waals surface area contributed by atoms with Crippen molar-refractivity contribution in [1.29, 1.82) is 0 Å². The number of hydrogen-bond acceptors (Lipinski definition) is 4. The van der Waals surface area contributed by atoms with Crippen LogP contribution in [0, 0.1) is 0 Å². The molecule has 1 aliphatic heterocycles. The first-order valence-corrected chi connectivity index (χ1v) is 9.05. The van der Waals surface area contributed by atoms with Crippen LogP contribution in [0.3, 0.4) is 0 Å². The molecule has 1 saturated heterocycles. The number of aromatic nitrogens is 1. The number of rotatable bonds is 4. The highest BCUT2D eigenvalue weighted by Crippen LogP contribution is 2.30. The molecule has 1 fully saturated rings. The van der Waals surface area contributed by atoms with Crippen LogP contribution in [0.5, 0.6) is 0 Å². The summed E-state index contributed by atoms with van der Waals surface area (Å²) in [5.41, 5.74) is 2.17. The van der Waals surface area contributed by atoms with E-state index in [1.165, 1.54) is 18.6 Å². The summed E-state index contributed by atoms with van der Waals surface area (Å²) in [6.45, 7) is 0. The summed E-state index contributed by atoms with van der Waals surface area (Å²) in [4.78, 5) is 4.66. The van der Waals surface area contributed by atoms with E-state index in [1.807, 2.05) is 30.0 Å². The van der Waals surface area contributed by atoms with Gasteiger partial charge in [0.05, 0.1) is 16.8 Å². The minimum Gasteiger partial charge on any atom is -0.392 e. The molecule has 1 aromatic carbocycles. The van der Waals surface area contributed by atoms with Crippen molar-refractivity contribution >= 4 is 23.1 Å². The second kappa shape index (κ2) is 6.74. The summed E-state index contributed by atoms with van der Waals surface area (Å²) < 4.78 is 0. The number of thioether (sulfide) groups is 1. The Kier molecular flexibility index (Phi) is 4.76. The molecule has 2 atom stereocenters. The smallest absolute Gasteiger partial charge is 0.0958 e. The topological polar surface area (TPSA) is 33.1 Å². The molecule has 2 aromatic rings. The summed E-state index contributed by atoms with van der Waals surface area (Å²) >= 11 is 3.58. The monoisotopic (exact) mass is 305 g/mol. The van der Waals surface area contributed by atoms with Gasteiger partial charge in [-0.25, -0.2) is 4.98 Å². The van der Waals surface area contributed by atoms with Crippen molar-refractivity contribution in [2.45, 2.75) is 37.0 Å². The molecule has 2 heterocycles. The molecule has 1 aliphatic rings. The van der Waals surface area contributed by atoms with Gasteiger partial charge in [-0.15, -0.1) is 11.3 Å². The molecule has 0 spiro atoms. The fourth-order valence-corrected chi connectivity index (χ4v) is 4.71. The Morgan fingerprint density at radius 3 is 2.85 bits per heavy atom. The highest BCUT2D eigenvalue weighted by atomic mass is 32.2. The zero-order valence-electron chi connectivity index (χ0n) is 11.4. The van der Waals surface area contributed by atoms with Gasteiger partial charge in [0.1, 0.15) is 0 Å². The van der Waals surface area contributed by atoms with Crippen LogP contribution in [0.1, 0.15) is 24.3 Å². The van der Waals surface area contributed by atoms with Crippen LogP contribution >= 0.6 is 23.1 Å². The molecule has 3 rings (SSSR count). The Bertz CT molecular complexity index is 534. The number of benzene rings is 1. The number of nitrogens with zero attached hydrogens (tertiary/aromatic N) is 1. The fourth-order valence-electron chi connectivity index (χ4n) is 2.53. The maximum Gasteiger partial charge on any atom is 0.0958 e. The van der Waals surface area contributed by atoms with E-state index >= 15 is 0 Å². The van der Waals surface area contributed by atoms with Gasteiger partial charge in [0.25, 0.3) is 0 Å². The Morgan fingerprint density at radius 2 is 2.10 bits per heavy atom. The largest absolute Gasteiger partial charge is 0.392 e. The van der Waals surface area contributed by atoms with Gasteiger partial charge >= 0.3 is 0 Å². The van der Waals surface area contributed by atoms with Crippen LogP contribution in [-0.2, 0) is 6.42 Å². The summed E-state index contributed by atoms with van der Waals surface area (Å²) in [5, 5.41) is 13.9. The quantitative estimate of drug-likeness (QED) is 0.927. The standard InChI is InChI=1S/C16H19NOS2/c18-14(15-8-4-5-9-19-15)10-16-17-13(11-20-16)12-6-2-1-3-7-12/h1-3,6-7,11,14-15,18H,4-5,8-10H2. The van der Waals surface area contributed by atoms with Crippen LogP contribution in [0.15, 0.2) is 35.7 Å². The Morgan fingerprint density at radius 1 is 1.25 bits per heavy atom. The van der Waals surface area contributed by atoms with Gasteiger partial charge in [-0.3, -0.25) is 0 Å². The van der Waals surface area contributed by atoms with Crippen LogP contribution in [0.4, 0.5) is 0 Å². The highest BCUT2D eigenvalue weighted by Gasteiger charge is 2.23. The summed E-state index contributed by atoms with van der Waals surface area (Å²) in [6, 6.07) is 10.2. The van der Waals surface area contributed by atoms with E-state index < -0.39 is 0 Å². The second-order valence-corrected chi connectivity index (χ2v) is 7.46. The fraction of sp³-hybridized carbons (Fsp3) is 0.438. The van der Waals surface area contributed by atoms with Gasteiger partial charge in [0.15, 0.2) is 0 Å². The third kappa shape index (κ3) is 3.43. The van der Waals surface area contributed by atoms with Crippen molar-refractivity contribution in [3.05, 3.63) is 40.7 Å². The lowest BCUT2D eigenvalue weighted by molar-refractivity contribution is 0.166. The lowest BCUT2D eigenvalue weighted by atomic mass is 10.1. The minimum absolute atomic E-state index is 0.255. The molecule has 0 radical (unpaired) electrons. The first kappa shape index (κ1) is 14.1. The zero-order valence-corrected chi connectivity index (χ0v) is 13.0. The maximum atomic E-state index is 10.4. The van der Waals surface area contributed by atoms with E-state index in [9.17, 15) is 5.11 Å². The average molecular weight is 305 g/mol. The van der Waals surface area contributed by atoms with Crippen molar-refractivity contribution in [2.75, 3.05) is 5.75 Å². The predicted octanol–water partition coefficient (Wildman–Crippen LogP) is 4.00. The van der Waals surface area contributed by atoms with Gasteiger partial charge < -0.3 is 5.11 Å². The van der Waals surface area contributed by atoms with Crippen LogP contribution in [0.2, 0.25) is 0 Å². The van der Waals surface area contributed by atoms with E-state index in [-0.39, 0.29) is 6.10 Å². The van der Waals surface area contributed by atoms with Gasteiger partial charge in [0, 0.05) is 22.6 Å². The average Bonchev–Trinajstić information content (AvgIpc) is 2.97. The van der Waals surface area contributed by atoms with Crippen LogP contribution in [0.25, 0.3) is 11.3 Å². The predicted molar refractivity (Wildman–Crippen MR) is 87.4 cm³/mol. The molecule has 1 aromatic heterocycles. The number of thiazole rings is 1. The van der Waals surface area contributed by atoms with Crippen molar-refractivity contribution < 1.29 is 5.11 Å². The van der Waals surface area contributed by atoms with Crippen molar-refractivity contribution in [3.63, 3.8) is 0 Å². The molecule has 2 nitrogen and oxygen atoms in total. The molecule has 1 N–H and O–H groups in total. The number of aliphatic hydroxyl groups excluding tert-OH is 1. The summed E-state index contributed by atoms with van der Waals surface area (Å²) in [7, 11) is 0. The zero-order chi connectivity index (χ0) is 13.8. The van der Waals surface area contributed by atoms with Gasteiger partial charge in [-0.05, 0) is 18.6 Å². The lowest BCUT2D eigenvalue weighted by Crippen LogP contribution is -2.27. The third-order valence-corrected chi connectivity index (χ3v) is 6.02. The van der Waals surface area contributed by atoms with Crippen molar-refractivity contribution in [1.82, 2.24) is 4.98 Å². The molecular weight excluding hydrogens is 286 g/mol. The Hall–Kier alpha value is -0.840. The molecule has 0 amide bonds. The van der Waals surface area contributed by atoms with Crippen LogP contribution < -0.4 is 0 Å². The Labute approximate surface area is 128 Å². The highest BCUT2D eigenvalue weighted by molar-refractivity contribution is 8.00. The van der Waals surface area contributed by atoms with E-state index in [0.29, 0.717) is 11.7 Å². The SMILES string of the molecule is OC(Cc1nc(-c2ccccc2)cs1)C1CCCCS1. The molecule has 0 bridgehead atoms. The van der Waals surface area contributed by atoms with Crippen LogP contribution in [-0.4, -0.2) is 27.2 Å². The Balaban J connectivity index is 1.65. The maximum absolute atomic E-state index is 10.4. The second-order valence-electron chi connectivity index (χ2n) is 5.17. The molecular formula is C16H19NOS2. The van der Waals surface area contributed by atoms with E-state index in [1.54, 1.807) is 11.3 Å². The first-order valence-electron chi connectivity index (χ1n) is 7.12. The molecule has 106 valence electrons. The number of hydrogen-bond donors (Lipinski definition) is 1. The first-order chi connectivity index (χ1) is 9.83. The van der Waals surface area contributed by atoms with Crippen molar-refractivity contribution in [2.24, 2.45) is 0 Å². The number of aliphatic hydroxyl groups is 1. The third-order valence-electron chi connectivity index (χ3n) is 3.65. The summed E-state index contributed by atoms with van der Waals surface area (Å²) in [6.07, 6.45) is 4.12. The molecule has 0 aliphatic carbocycles. The van der Waals surface area contributed by atoms with E-state index in [0.717, 1.165) is 22.7 Å². The molecule has 2 unspecified atom stereocenters. The molecule has 4 heteroatoms. The van der Waals surface area contributed by atoms with E-state index in [2.05, 4.69) is 22.5 Å². The summed E-state index contributed by atoms with van der Waals surface area (Å²) in [5.74, 6) is 1.19. The van der Waals surface area contributed by atoms with Gasteiger partial charge in [0.2, 0.25) is 0 Å². The van der Waals surface area contributed by atoms with Crippen molar-refractivity contribution in [3.8, 4) is 11.3 Å². The van der Waals surface area contributed by atoms with E-state index in [4.69, 9.17) is 0 Å². The molecule has 20 heavy (non-hydrogen) atoms.